The molecule has 88 valence electrons. The molecule has 1 unspecified atom stereocenters. The van der Waals surface area contributed by atoms with Crippen LogP contribution in [0.15, 0.2) is 0 Å². The number of primary amides is 1. The SMILES string of the molecule is COCC1(C)CCc2c(C(N)=O)n[nH]c2C1. The van der Waals surface area contributed by atoms with Gasteiger partial charge in [0.05, 0.1) is 6.61 Å². The maximum absolute atomic E-state index is 11.1. The van der Waals surface area contributed by atoms with Gasteiger partial charge in [-0.2, -0.15) is 5.10 Å². The number of aromatic nitrogens is 2. The van der Waals surface area contributed by atoms with Gasteiger partial charge in [0.25, 0.3) is 5.91 Å². The van der Waals surface area contributed by atoms with Gasteiger partial charge in [0, 0.05) is 18.4 Å². The molecule has 3 N–H and O–H groups in total. The Hall–Kier alpha value is -1.36. The number of nitrogens with one attached hydrogen (secondary N) is 1. The lowest BCUT2D eigenvalue weighted by atomic mass is 9.75. The molecule has 0 bridgehead atoms. The number of carbonyl (C=O) groups is 1. The molecule has 0 fully saturated rings. The van der Waals surface area contributed by atoms with E-state index in [1.807, 2.05) is 0 Å². The van der Waals surface area contributed by atoms with Crippen LogP contribution >= 0.6 is 0 Å². The van der Waals surface area contributed by atoms with Gasteiger partial charge < -0.3 is 10.5 Å². The van der Waals surface area contributed by atoms with Crippen molar-refractivity contribution in [1.82, 2.24) is 10.2 Å². The van der Waals surface area contributed by atoms with E-state index in [0.717, 1.165) is 37.1 Å². The number of fused-ring (bicyclic) bond motifs is 1. The van der Waals surface area contributed by atoms with Gasteiger partial charge in [0.15, 0.2) is 5.69 Å². The van der Waals surface area contributed by atoms with Crippen LogP contribution in [0, 0.1) is 5.41 Å². The Bertz CT molecular complexity index is 413. The van der Waals surface area contributed by atoms with Crippen LogP contribution in [0.5, 0.6) is 0 Å². The molecule has 2 rings (SSSR count). The molecule has 0 spiro atoms. The summed E-state index contributed by atoms with van der Waals surface area (Å²) in [6, 6.07) is 0. The largest absolute Gasteiger partial charge is 0.384 e. The van der Waals surface area contributed by atoms with Crippen molar-refractivity contribution in [3.8, 4) is 0 Å². The smallest absolute Gasteiger partial charge is 0.269 e. The number of methoxy groups -OCH3 is 1. The first-order chi connectivity index (χ1) is 7.56. The van der Waals surface area contributed by atoms with Gasteiger partial charge in [-0.1, -0.05) is 6.92 Å². The fourth-order valence-corrected chi connectivity index (χ4v) is 2.43. The Morgan fingerprint density at radius 2 is 2.44 bits per heavy atom. The van der Waals surface area contributed by atoms with Crippen molar-refractivity contribution in [1.29, 1.82) is 0 Å². The van der Waals surface area contributed by atoms with Crippen LogP contribution in [-0.4, -0.2) is 29.8 Å². The minimum atomic E-state index is -0.451. The first-order valence-corrected chi connectivity index (χ1v) is 5.40. The highest BCUT2D eigenvalue weighted by molar-refractivity contribution is 5.92. The second-order valence-corrected chi connectivity index (χ2v) is 4.81. The van der Waals surface area contributed by atoms with Gasteiger partial charge in [-0.15, -0.1) is 0 Å². The molecule has 1 heterocycles. The van der Waals surface area contributed by atoms with E-state index in [1.165, 1.54) is 0 Å². The van der Waals surface area contributed by atoms with Gasteiger partial charge >= 0.3 is 0 Å². The van der Waals surface area contributed by atoms with Crippen molar-refractivity contribution >= 4 is 5.91 Å². The highest BCUT2D eigenvalue weighted by atomic mass is 16.5. The molecular weight excluding hydrogens is 206 g/mol. The van der Waals surface area contributed by atoms with Gasteiger partial charge in [-0.25, -0.2) is 0 Å². The highest BCUT2D eigenvalue weighted by Gasteiger charge is 2.33. The maximum atomic E-state index is 11.1. The van der Waals surface area contributed by atoms with Crippen molar-refractivity contribution in [3.63, 3.8) is 0 Å². The molecular formula is C11H17N3O2. The van der Waals surface area contributed by atoms with E-state index in [9.17, 15) is 4.79 Å². The van der Waals surface area contributed by atoms with Gasteiger partial charge in [-0.3, -0.25) is 9.89 Å². The number of nitrogens with zero attached hydrogens (tertiary/aromatic N) is 1. The Labute approximate surface area is 94.4 Å². The molecule has 0 aromatic carbocycles. The summed E-state index contributed by atoms with van der Waals surface area (Å²) in [5.74, 6) is -0.451. The molecule has 5 heteroatoms. The van der Waals surface area contributed by atoms with E-state index in [-0.39, 0.29) is 5.41 Å². The molecule has 0 saturated carbocycles. The molecule has 1 aliphatic carbocycles. The standard InChI is InChI=1S/C11H17N3O2/c1-11(6-16-2)4-3-7-8(5-11)13-14-9(7)10(12)15/h3-6H2,1-2H3,(H2,12,15)(H,13,14). The summed E-state index contributed by atoms with van der Waals surface area (Å²) in [6.07, 6.45) is 2.69. The zero-order valence-electron chi connectivity index (χ0n) is 9.67. The summed E-state index contributed by atoms with van der Waals surface area (Å²) in [4.78, 5) is 11.1. The minimum Gasteiger partial charge on any atom is -0.384 e. The molecule has 1 atom stereocenters. The number of aromatic amines is 1. The van der Waals surface area contributed by atoms with Crippen molar-refractivity contribution in [2.75, 3.05) is 13.7 Å². The van der Waals surface area contributed by atoms with E-state index in [0.29, 0.717) is 5.69 Å². The molecule has 16 heavy (non-hydrogen) atoms. The van der Waals surface area contributed by atoms with E-state index in [4.69, 9.17) is 10.5 Å². The van der Waals surface area contributed by atoms with Crippen LogP contribution in [0.2, 0.25) is 0 Å². The summed E-state index contributed by atoms with van der Waals surface area (Å²) in [6.45, 7) is 2.90. The summed E-state index contributed by atoms with van der Waals surface area (Å²) in [5.41, 5.74) is 7.80. The Morgan fingerprint density at radius 3 is 3.06 bits per heavy atom. The van der Waals surface area contributed by atoms with Crippen LogP contribution in [0.4, 0.5) is 0 Å². The number of hydrogen-bond acceptors (Lipinski definition) is 3. The summed E-state index contributed by atoms with van der Waals surface area (Å²) >= 11 is 0. The van der Waals surface area contributed by atoms with E-state index in [2.05, 4.69) is 17.1 Å². The fraction of sp³-hybridized carbons (Fsp3) is 0.636. The number of amides is 1. The molecule has 1 aromatic rings. The third-order valence-corrected chi connectivity index (χ3v) is 3.26. The Morgan fingerprint density at radius 1 is 1.69 bits per heavy atom. The zero-order chi connectivity index (χ0) is 11.8. The lowest BCUT2D eigenvalue weighted by Gasteiger charge is -2.32. The average Bonchev–Trinajstić information content (AvgIpc) is 2.60. The minimum absolute atomic E-state index is 0.128. The average molecular weight is 223 g/mol. The summed E-state index contributed by atoms with van der Waals surface area (Å²) in [7, 11) is 1.71. The van der Waals surface area contributed by atoms with Gasteiger partial charge in [-0.05, 0) is 24.7 Å². The summed E-state index contributed by atoms with van der Waals surface area (Å²) < 4.78 is 5.23. The Balaban J connectivity index is 2.26. The number of ether oxygens (including phenoxy) is 1. The summed E-state index contributed by atoms with van der Waals surface area (Å²) in [5, 5.41) is 6.90. The number of H-pyrrole nitrogens is 1. The second kappa shape index (κ2) is 3.90. The van der Waals surface area contributed by atoms with E-state index >= 15 is 0 Å². The van der Waals surface area contributed by atoms with Crippen molar-refractivity contribution < 1.29 is 9.53 Å². The van der Waals surface area contributed by atoms with Crippen molar-refractivity contribution in [2.24, 2.45) is 11.1 Å². The van der Waals surface area contributed by atoms with Gasteiger partial charge in [0.2, 0.25) is 0 Å². The maximum Gasteiger partial charge on any atom is 0.269 e. The number of hydrogen-bond donors (Lipinski definition) is 2. The van der Waals surface area contributed by atoms with Crippen LogP contribution in [0.3, 0.4) is 0 Å². The fourth-order valence-electron chi connectivity index (χ4n) is 2.43. The predicted octanol–water partition coefficient (Wildman–Crippen LogP) is 0.650. The van der Waals surface area contributed by atoms with Crippen LogP contribution in [0.25, 0.3) is 0 Å². The molecule has 1 aliphatic rings. The third kappa shape index (κ3) is 1.82. The predicted molar refractivity (Wildman–Crippen MR) is 59.1 cm³/mol. The normalized spacial score (nSPS) is 24.1. The topological polar surface area (TPSA) is 81.0 Å². The van der Waals surface area contributed by atoms with Gasteiger partial charge in [0.1, 0.15) is 0 Å². The first-order valence-electron chi connectivity index (χ1n) is 5.40. The molecule has 1 amide bonds. The number of carbonyl (C=O) groups excluding carboxylic acids is 1. The number of nitrogens with two attached hydrogens (primary N) is 1. The molecule has 0 saturated heterocycles. The highest BCUT2D eigenvalue weighted by Crippen LogP contribution is 2.35. The molecule has 1 aromatic heterocycles. The first kappa shape index (κ1) is 11.1. The van der Waals surface area contributed by atoms with E-state index in [1.54, 1.807) is 7.11 Å². The van der Waals surface area contributed by atoms with Crippen molar-refractivity contribution in [3.05, 3.63) is 17.0 Å². The zero-order valence-corrected chi connectivity index (χ0v) is 9.67. The quantitative estimate of drug-likeness (QED) is 0.789. The molecule has 0 aliphatic heterocycles. The lowest BCUT2D eigenvalue weighted by molar-refractivity contribution is 0.0804. The van der Waals surface area contributed by atoms with Crippen molar-refractivity contribution in [2.45, 2.75) is 26.2 Å². The Kier molecular flexibility index (Phi) is 2.71. The third-order valence-electron chi connectivity index (χ3n) is 3.26. The van der Waals surface area contributed by atoms with Crippen LogP contribution in [-0.2, 0) is 17.6 Å². The van der Waals surface area contributed by atoms with E-state index < -0.39 is 5.91 Å². The van der Waals surface area contributed by atoms with Crippen LogP contribution < -0.4 is 5.73 Å². The molecule has 0 radical (unpaired) electrons. The lowest BCUT2D eigenvalue weighted by Crippen LogP contribution is -2.30. The molecule has 5 nitrogen and oxygen atoms in total. The monoisotopic (exact) mass is 223 g/mol. The van der Waals surface area contributed by atoms with Crippen LogP contribution in [0.1, 0.15) is 35.1 Å². The second-order valence-electron chi connectivity index (χ2n) is 4.81. The number of rotatable bonds is 3.